The van der Waals surface area contributed by atoms with Crippen LogP contribution in [-0.2, 0) is 6.54 Å². The Balaban J connectivity index is 1.56. The molecule has 0 amide bonds. The molecule has 2 aromatic heterocycles. The van der Waals surface area contributed by atoms with Gasteiger partial charge in [-0.1, -0.05) is 6.92 Å². The van der Waals surface area contributed by atoms with E-state index in [1.165, 1.54) is 12.4 Å². The summed E-state index contributed by atoms with van der Waals surface area (Å²) in [5.41, 5.74) is 7.29. The van der Waals surface area contributed by atoms with Crippen molar-refractivity contribution in [3.63, 3.8) is 0 Å². The summed E-state index contributed by atoms with van der Waals surface area (Å²) in [4.78, 5) is 13.2. The number of aliphatic imine (C=N–C) groups is 1. The number of nitrogen functional groups attached to an aromatic ring is 1. The van der Waals surface area contributed by atoms with Crippen LogP contribution in [0.3, 0.4) is 0 Å². The lowest BCUT2D eigenvalue weighted by molar-refractivity contribution is 0.335. The van der Waals surface area contributed by atoms with Crippen LogP contribution in [0, 0.1) is 28.9 Å². The SMILES string of the molecule is CCOc1cc(F)c(CN=C(C2CC2)C(C)C(=N)c2nc(N)cc(Nc3ccnnc3)n2)c(F)c1. The summed E-state index contributed by atoms with van der Waals surface area (Å²) in [6, 6.07) is 5.59. The van der Waals surface area contributed by atoms with E-state index in [4.69, 9.17) is 15.9 Å². The molecule has 1 aromatic carbocycles. The highest BCUT2D eigenvalue weighted by molar-refractivity contribution is 6.13. The molecule has 1 unspecified atom stereocenters. The zero-order valence-electron chi connectivity index (χ0n) is 19.4. The summed E-state index contributed by atoms with van der Waals surface area (Å²) < 4.78 is 34.2. The summed E-state index contributed by atoms with van der Waals surface area (Å²) in [6.45, 7) is 3.69. The summed E-state index contributed by atoms with van der Waals surface area (Å²) in [5.74, 6) is -0.853. The van der Waals surface area contributed by atoms with Gasteiger partial charge >= 0.3 is 0 Å². The minimum absolute atomic E-state index is 0.117. The third-order valence-corrected chi connectivity index (χ3v) is 5.56. The number of halogens is 2. The largest absolute Gasteiger partial charge is 0.494 e. The summed E-state index contributed by atoms with van der Waals surface area (Å²) in [5, 5.41) is 19.3. The Morgan fingerprint density at radius 3 is 2.60 bits per heavy atom. The van der Waals surface area contributed by atoms with Gasteiger partial charge in [0.25, 0.3) is 0 Å². The van der Waals surface area contributed by atoms with Crippen molar-refractivity contribution in [2.75, 3.05) is 17.7 Å². The summed E-state index contributed by atoms with van der Waals surface area (Å²) in [7, 11) is 0. The molecule has 2 heterocycles. The number of rotatable bonds is 10. The minimum atomic E-state index is -0.712. The van der Waals surface area contributed by atoms with E-state index in [1.54, 1.807) is 19.1 Å². The van der Waals surface area contributed by atoms with Crippen LogP contribution in [0.15, 0.2) is 41.7 Å². The van der Waals surface area contributed by atoms with E-state index in [2.05, 4.69) is 30.5 Å². The lowest BCUT2D eigenvalue weighted by atomic mass is 9.95. The normalized spacial score (nSPS) is 14.5. The molecule has 1 aliphatic carbocycles. The molecule has 1 saturated carbocycles. The van der Waals surface area contributed by atoms with Gasteiger partial charge in [-0.25, -0.2) is 18.7 Å². The van der Waals surface area contributed by atoms with E-state index in [0.29, 0.717) is 23.8 Å². The van der Waals surface area contributed by atoms with Gasteiger partial charge in [0.2, 0.25) is 0 Å². The van der Waals surface area contributed by atoms with Crippen LogP contribution in [-0.4, -0.2) is 38.2 Å². The first kappa shape index (κ1) is 24.1. The summed E-state index contributed by atoms with van der Waals surface area (Å²) in [6.07, 6.45) is 4.88. The smallest absolute Gasteiger partial charge is 0.177 e. The first-order valence-corrected chi connectivity index (χ1v) is 11.3. The molecular formula is C24H26F2N8O. The van der Waals surface area contributed by atoms with E-state index in [9.17, 15) is 8.78 Å². The Hall–Kier alpha value is -4.02. The topological polar surface area (TPSA) is 135 Å². The fourth-order valence-corrected chi connectivity index (χ4v) is 3.65. The molecule has 1 aliphatic rings. The average molecular weight is 481 g/mol. The number of hydrogen-bond acceptors (Lipinski definition) is 9. The van der Waals surface area contributed by atoms with Crippen LogP contribution in [0.2, 0.25) is 0 Å². The molecule has 1 atom stereocenters. The van der Waals surface area contributed by atoms with Crippen molar-refractivity contribution < 1.29 is 13.5 Å². The molecule has 11 heteroatoms. The summed E-state index contributed by atoms with van der Waals surface area (Å²) >= 11 is 0. The lowest BCUT2D eigenvalue weighted by Gasteiger charge is -2.17. The van der Waals surface area contributed by atoms with Crippen LogP contribution < -0.4 is 15.8 Å². The van der Waals surface area contributed by atoms with Crippen molar-refractivity contribution in [1.29, 1.82) is 5.41 Å². The second-order valence-electron chi connectivity index (χ2n) is 8.21. The van der Waals surface area contributed by atoms with Crippen molar-refractivity contribution in [2.24, 2.45) is 16.8 Å². The third-order valence-electron chi connectivity index (χ3n) is 5.56. The molecule has 0 bridgehead atoms. The maximum Gasteiger partial charge on any atom is 0.177 e. The Morgan fingerprint density at radius 2 is 1.97 bits per heavy atom. The Kier molecular flexibility index (Phi) is 7.23. The zero-order chi connectivity index (χ0) is 24.9. The molecule has 182 valence electrons. The Labute approximate surface area is 201 Å². The minimum Gasteiger partial charge on any atom is -0.494 e. The lowest BCUT2D eigenvalue weighted by Crippen LogP contribution is -2.25. The number of benzene rings is 1. The van der Waals surface area contributed by atoms with E-state index < -0.39 is 17.6 Å². The van der Waals surface area contributed by atoms with Gasteiger partial charge in [-0.05, 0) is 31.7 Å². The third kappa shape index (κ3) is 5.92. The number of nitrogens with two attached hydrogens (primary N) is 1. The van der Waals surface area contributed by atoms with E-state index >= 15 is 0 Å². The predicted molar refractivity (Wildman–Crippen MR) is 129 cm³/mol. The van der Waals surface area contributed by atoms with Gasteiger partial charge in [0.05, 0.1) is 36.9 Å². The molecular weight excluding hydrogens is 454 g/mol. The first-order valence-electron chi connectivity index (χ1n) is 11.3. The number of nitrogens with zero attached hydrogens (tertiary/aromatic N) is 5. The van der Waals surface area contributed by atoms with Crippen molar-refractivity contribution in [2.45, 2.75) is 33.2 Å². The molecule has 35 heavy (non-hydrogen) atoms. The van der Waals surface area contributed by atoms with Crippen LogP contribution in [0.1, 0.15) is 38.1 Å². The average Bonchev–Trinajstić information content (AvgIpc) is 3.66. The maximum absolute atomic E-state index is 14.5. The molecule has 0 spiro atoms. The Bertz CT molecular complexity index is 1220. The molecule has 1 fully saturated rings. The van der Waals surface area contributed by atoms with E-state index in [0.717, 1.165) is 25.0 Å². The Morgan fingerprint density at radius 1 is 1.23 bits per heavy atom. The van der Waals surface area contributed by atoms with Crippen LogP contribution >= 0.6 is 0 Å². The van der Waals surface area contributed by atoms with Gasteiger partial charge in [0.1, 0.15) is 29.0 Å². The number of ether oxygens (including phenoxy) is 1. The van der Waals surface area contributed by atoms with E-state index in [-0.39, 0.29) is 41.1 Å². The molecule has 4 N–H and O–H groups in total. The quantitative estimate of drug-likeness (QED) is 0.368. The standard InChI is InChI=1S/C24H26F2N8O/c1-3-35-16-8-18(25)17(19(26)9-16)12-29-23(14-4-5-14)13(2)22(28)24-33-20(27)10-21(34-24)32-15-6-7-30-31-11-15/h6-11,13-14,28H,3-5,12H2,1-2H3,(H3,27,30,32,33,34). The molecule has 4 rings (SSSR count). The molecule has 0 saturated heterocycles. The van der Waals surface area contributed by atoms with Gasteiger partial charge in [-0.15, -0.1) is 0 Å². The van der Waals surface area contributed by atoms with Gasteiger partial charge in [-0.2, -0.15) is 10.2 Å². The molecule has 0 aliphatic heterocycles. The molecule has 9 nitrogen and oxygen atoms in total. The van der Waals surface area contributed by atoms with Crippen molar-refractivity contribution in [1.82, 2.24) is 20.2 Å². The second kappa shape index (κ2) is 10.5. The maximum atomic E-state index is 14.5. The van der Waals surface area contributed by atoms with Crippen LogP contribution in [0.5, 0.6) is 5.75 Å². The van der Waals surface area contributed by atoms with Gasteiger partial charge < -0.3 is 21.2 Å². The highest BCUT2D eigenvalue weighted by atomic mass is 19.1. The fraction of sp³-hybridized carbons (Fsp3) is 0.333. The van der Waals surface area contributed by atoms with Crippen LogP contribution in [0.4, 0.5) is 26.1 Å². The van der Waals surface area contributed by atoms with Crippen LogP contribution in [0.25, 0.3) is 0 Å². The van der Waals surface area contributed by atoms with E-state index in [1.807, 2.05) is 6.92 Å². The number of nitrogens with one attached hydrogen (secondary N) is 2. The first-order chi connectivity index (χ1) is 16.9. The van der Waals surface area contributed by atoms with Gasteiger partial charge in [0, 0.05) is 35.4 Å². The van der Waals surface area contributed by atoms with Gasteiger partial charge in [-0.3, -0.25) is 4.99 Å². The van der Waals surface area contributed by atoms with Gasteiger partial charge in [0.15, 0.2) is 5.82 Å². The second-order valence-corrected chi connectivity index (χ2v) is 8.21. The molecule has 0 radical (unpaired) electrons. The number of aromatic nitrogens is 4. The highest BCUT2D eigenvalue weighted by Crippen LogP contribution is 2.35. The van der Waals surface area contributed by atoms with Crippen molar-refractivity contribution >= 4 is 28.7 Å². The highest BCUT2D eigenvalue weighted by Gasteiger charge is 2.33. The monoisotopic (exact) mass is 480 g/mol. The molecule has 3 aromatic rings. The predicted octanol–water partition coefficient (Wildman–Crippen LogP) is 4.32. The van der Waals surface area contributed by atoms with Crippen molar-refractivity contribution in [3.05, 3.63) is 59.7 Å². The zero-order valence-corrected chi connectivity index (χ0v) is 19.4. The number of anilines is 3. The fourth-order valence-electron chi connectivity index (χ4n) is 3.65. The number of hydrogen-bond donors (Lipinski definition) is 3. The van der Waals surface area contributed by atoms with Crippen molar-refractivity contribution in [3.8, 4) is 5.75 Å².